The Morgan fingerprint density at radius 2 is 1.85 bits per heavy atom. The molecule has 0 fully saturated rings. The molecule has 0 aliphatic carbocycles. The number of hydrogen-bond acceptors (Lipinski definition) is 2. The van der Waals surface area contributed by atoms with Crippen molar-refractivity contribution in [2.75, 3.05) is 14.1 Å². The Morgan fingerprint density at radius 1 is 1.31 bits per heavy atom. The van der Waals surface area contributed by atoms with Crippen LogP contribution in [0.4, 0.5) is 0 Å². The molecule has 1 rings (SSSR count). The predicted octanol–water partition coefficient (Wildman–Crippen LogP) is 1.80. The lowest BCUT2D eigenvalue weighted by Gasteiger charge is -2.13. The van der Waals surface area contributed by atoms with Crippen LogP contribution in [0.15, 0.2) is 24.3 Å². The van der Waals surface area contributed by atoms with Gasteiger partial charge in [-0.2, -0.15) is 5.26 Å². The summed E-state index contributed by atoms with van der Waals surface area (Å²) in [5.74, 6) is 0. The van der Waals surface area contributed by atoms with Crippen molar-refractivity contribution >= 4 is 17.2 Å². The number of hydrogen-bond donors (Lipinski definition) is 0. The Bertz CT molecular complexity index is 346. The molecule has 0 spiro atoms. The van der Waals surface area contributed by atoms with Gasteiger partial charge in [-0.15, -0.1) is 0 Å². The highest BCUT2D eigenvalue weighted by atomic mass is 32.1. The van der Waals surface area contributed by atoms with E-state index in [0.717, 1.165) is 10.6 Å². The van der Waals surface area contributed by atoms with E-state index in [2.05, 4.69) is 6.07 Å². The number of nitrogens with zero attached hydrogens (tertiary/aromatic N) is 2. The van der Waals surface area contributed by atoms with Crippen LogP contribution in [0.25, 0.3) is 0 Å². The standard InChI is InChI=1S/C10H10N2S/c1-12(2)10(13)9-5-3-8(7-11)4-6-9/h3-6H,1-2H3. The lowest BCUT2D eigenvalue weighted by Crippen LogP contribution is -2.20. The summed E-state index contributed by atoms with van der Waals surface area (Å²) < 4.78 is 0. The summed E-state index contributed by atoms with van der Waals surface area (Å²) in [4.78, 5) is 2.65. The minimum absolute atomic E-state index is 0.658. The van der Waals surface area contributed by atoms with Gasteiger partial charge >= 0.3 is 0 Å². The smallest absolute Gasteiger partial charge is 0.108 e. The van der Waals surface area contributed by atoms with Crippen molar-refractivity contribution < 1.29 is 0 Å². The minimum Gasteiger partial charge on any atom is -0.368 e. The molecular weight excluding hydrogens is 180 g/mol. The molecule has 0 amide bonds. The van der Waals surface area contributed by atoms with Crippen molar-refractivity contribution in [3.05, 3.63) is 35.4 Å². The maximum atomic E-state index is 8.58. The lowest BCUT2D eigenvalue weighted by molar-refractivity contribution is 0.636. The molecule has 2 nitrogen and oxygen atoms in total. The molecule has 0 aliphatic rings. The van der Waals surface area contributed by atoms with Crippen LogP contribution in [0.5, 0.6) is 0 Å². The monoisotopic (exact) mass is 190 g/mol. The zero-order chi connectivity index (χ0) is 9.84. The molecule has 0 atom stereocenters. The second kappa shape index (κ2) is 4.01. The van der Waals surface area contributed by atoms with Gasteiger partial charge in [0.15, 0.2) is 0 Å². The summed E-state index contributed by atoms with van der Waals surface area (Å²) in [6, 6.07) is 9.33. The zero-order valence-electron chi connectivity index (χ0n) is 7.61. The highest BCUT2D eigenvalue weighted by Crippen LogP contribution is 2.06. The van der Waals surface area contributed by atoms with Gasteiger partial charge in [-0.25, -0.2) is 0 Å². The van der Waals surface area contributed by atoms with Crippen molar-refractivity contribution in [2.45, 2.75) is 0 Å². The van der Waals surface area contributed by atoms with Crippen molar-refractivity contribution in [2.24, 2.45) is 0 Å². The summed E-state index contributed by atoms with van der Waals surface area (Å²) in [5, 5.41) is 8.58. The summed E-state index contributed by atoms with van der Waals surface area (Å²) in [6.45, 7) is 0. The first-order valence-electron chi connectivity index (χ1n) is 3.87. The van der Waals surface area contributed by atoms with Gasteiger partial charge in [-0.1, -0.05) is 24.4 Å². The first kappa shape index (κ1) is 9.69. The second-order valence-corrected chi connectivity index (χ2v) is 3.28. The van der Waals surface area contributed by atoms with Crippen LogP contribution >= 0.6 is 12.2 Å². The third-order valence-electron chi connectivity index (χ3n) is 1.67. The first-order chi connectivity index (χ1) is 6.15. The number of benzene rings is 1. The maximum Gasteiger partial charge on any atom is 0.108 e. The van der Waals surface area contributed by atoms with Gasteiger partial charge < -0.3 is 4.90 Å². The molecule has 0 saturated carbocycles. The van der Waals surface area contributed by atoms with E-state index in [-0.39, 0.29) is 0 Å². The fraction of sp³-hybridized carbons (Fsp3) is 0.200. The number of nitriles is 1. The molecule has 0 aliphatic heterocycles. The summed E-state index contributed by atoms with van der Waals surface area (Å²) >= 11 is 5.17. The van der Waals surface area contributed by atoms with Gasteiger partial charge in [0.05, 0.1) is 11.6 Å². The van der Waals surface area contributed by atoms with E-state index in [4.69, 9.17) is 17.5 Å². The van der Waals surface area contributed by atoms with Crippen LogP contribution in [-0.2, 0) is 0 Å². The third kappa shape index (κ3) is 2.27. The van der Waals surface area contributed by atoms with Crippen LogP contribution in [0.2, 0.25) is 0 Å². The Morgan fingerprint density at radius 3 is 2.23 bits per heavy atom. The molecule has 0 bridgehead atoms. The SMILES string of the molecule is CN(C)C(=S)c1ccc(C#N)cc1. The van der Waals surface area contributed by atoms with Crippen molar-refractivity contribution in [3.8, 4) is 6.07 Å². The van der Waals surface area contributed by atoms with Crippen LogP contribution in [-0.4, -0.2) is 24.0 Å². The zero-order valence-corrected chi connectivity index (χ0v) is 8.43. The van der Waals surface area contributed by atoms with Crippen molar-refractivity contribution in [1.29, 1.82) is 5.26 Å². The van der Waals surface area contributed by atoms with Gasteiger partial charge in [-0.05, 0) is 12.1 Å². The number of thiocarbonyl (C=S) groups is 1. The Hall–Kier alpha value is -1.40. The molecule has 66 valence electrons. The van der Waals surface area contributed by atoms with E-state index in [1.807, 2.05) is 31.1 Å². The lowest BCUT2D eigenvalue weighted by atomic mass is 10.1. The van der Waals surface area contributed by atoms with E-state index in [1.54, 1.807) is 12.1 Å². The molecule has 1 aromatic carbocycles. The molecule has 0 unspecified atom stereocenters. The largest absolute Gasteiger partial charge is 0.368 e. The molecule has 0 saturated heterocycles. The molecule has 0 aromatic heterocycles. The maximum absolute atomic E-state index is 8.58. The topological polar surface area (TPSA) is 27.0 Å². The Kier molecular flexibility index (Phi) is 2.99. The van der Waals surface area contributed by atoms with Gasteiger partial charge in [0.25, 0.3) is 0 Å². The molecule has 3 heteroatoms. The van der Waals surface area contributed by atoms with Crippen LogP contribution in [0, 0.1) is 11.3 Å². The molecule has 0 N–H and O–H groups in total. The summed E-state index contributed by atoms with van der Waals surface area (Å²) in [5.41, 5.74) is 1.63. The fourth-order valence-corrected chi connectivity index (χ4v) is 1.08. The summed E-state index contributed by atoms with van der Waals surface area (Å²) in [6.07, 6.45) is 0. The number of rotatable bonds is 1. The molecular formula is C10H10N2S. The van der Waals surface area contributed by atoms with E-state index >= 15 is 0 Å². The van der Waals surface area contributed by atoms with Crippen molar-refractivity contribution in [3.63, 3.8) is 0 Å². The van der Waals surface area contributed by atoms with E-state index in [9.17, 15) is 0 Å². The fourth-order valence-electron chi connectivity index (χ4n) is 0.946. The van der Waals surface area contributed by atoms with Crippen LogP contribution < -0.4 is 0 Å². The summed E-state index contributed by atoms with van der Waals surface area (Å²) in [7, 11) is 3.81. The molecule has 1 aromatic rings. The van der Waals surface area contributed by atoms with Crippen LogP contribution in [0.1, 0.15) is 11.1 Å². The second-order valence-electron chi connectivity index (χ2n) is 2.89. The minimum atomic E-state index is 0.658. The normalized spacial score (nSPS) is 9.00. The highest BCUT2D eigenvalue weighted by molar-refractivity contribution is 7.80. The molecule has 13 heavy (non-hydrogen) atoms. The van der Waals surface area contributed by atoms with Crippen LogP contribution in [0.3, 0.4) is 0 Å². The van der Waals surface area contributed by atoms with E-state index < -0.39 is 0 Å². The average molecular weight is 190 g/mol. The average Bonchev–Trinajstić information content (AvgIpc) is 2.17. The highest BCUT2D eigenvalue weighted by Gasteiger charge is 2.01. The van der Waals surface area contributed by atoms with Crippen molar-refractivity contribution in [1.82, 2.24) is 4.90 Å². The van der Waals surface area contributed by atoms with Gasteiger partial charge in [-0.3, -0.25) is 0 Å². The third-order valence-corrected chi connectivity index (χ3v) is 2.27. The van der Waals surface area contributed by atoms with E-state index in [1.165, 1.54) is 0 Å². The molecule has 0 heterocycles. The quantitative estimate of drug-likeness (QED) is 0.632. The van der Waals surface area contributed by atoms with Gasteiger partial charge in [0.1, 0.15) is 4.99 Å². The Balaban J connectivity index is 2.94. The first-order valence-corrected chi connectivity index (χ1v) is 4.28. The van der Waals surface area contributed by atoms with Gasteiger partial charge in [0.2, 0.25) is 0 Å². The van der Waals surface area contributed by atoms with Gasteiger partial charge in [0, 0.05) is 19.7 Å². The predicted molar refractivity (Wildman–Crippen MR) is 56.5 cm³/mol. The Labute approximate surface area is 83.4 Å². The van der Waals surface area contributed by atoms with E-state index in [0.29, 0.717) is 5.56 Å². The molecule has 0 radical (unpaired) electrons.